The quantitative estimate of drug-likeness (QED) is 0.763. The van der Waals surface area contributed by atoms with E-state index in [0.717, 1.165) is 17.1 Å². The van der Waals surface area contributed by atoms with Gasteiger partial charge in [-0.05, 0) is 38.1 Å². The monoisotopic (exact) mass is 338 g/mol. The van der Waals surface area contributed by atoms with Gasteiger partial charge in [-0.15, -0.1) is 0 Å². The SMILES string of the molecule is COc1ccc(NC(=O)Nc2cnc(-n3cnc(C)c3C)nc2)cc1. The largest absolute Gasteiger partial charge is 0.497 e. The zero-order valence-corrected chi connectivity index (χ0v) is 14.1. The molecule has 2 aromatic heterocycles. The second kappa shape index (κ2) is 7.00. The van der Waals surface area contributed by atoms with Gasteiger partial charge in [0, 0.05) is 11.4 Å². The van der Waals surface area contributed by atoms with E-state index < -0.39 is 0 Å². The molecule has 0 unspecified atom stereocenters. The molecule has 0 spiro atoms. The number of hydrogen-bond acceptors (Lipinski definition) is 5. The van der Waals surface area contributed by atoms with Crippen LogP contribution >= 0.6 is 0 Å². The summed E-state index contributed by atoms with van der Waals surface area (Å²) in [7, 11) is 1.59. The van der Waals surface area contributed by atoms with Crippen LogP contribution in [0.4, 0.5) is 16.2 Å². The number of ether oxygens (including phenoxy) is 1. The van der Waals surface area contributed by atoms with Crippen molar-refractivity contribution in [3.8, 4) is 11.7 Å². The number of amides is 2. The van der Waals surface area contributed by atoms with Crippen molar-refractivity contribution in [2.45, 2.75) is 13.8 Å². The Labute approximate surface area is 144 Å². The fourth-order valence-electron chi connectivity index (χ4n) is 2.18. The molecule has 1 aromatic carbocycles. The molecule has 0 bridgehead atoms. The molecule has 3 rings (SSSR count). The molecule has 0 atom stereocenters. The molecule has 2 N–H and O–H groups in total. The van der Waals surface area contributed by atoms with Gasteiger partial charge >= 0.3 is 6.03 Å². The van der Waals surface area contributed by atoms with Gasteiger partial charge < -0.3 is 15.4 Å². The number of benzene rings is 1. The lowest BCUT2D eigenvalue weighted by Gasteiger charge is -2.09. The minimum absolute atomic E-state index is 0.379. The van der Waals surface area contributed by atoms with E-state index >= 15 is 0 Å². The predicted octanol–water partition coefficient (Wildman–Crippen LogP) is 2.93. The zero-order valence-electron chi connectivity index (χ0n) is 14.1. The minimum atomic E-state index is -0.379. The van der Waals surface area contributed by atoms with Crippen molar-refractivity contribution in [3.63, 3.8) is 0 Å². The molecule has 0 fully saturated rings. The van der Waals surface area contributed by atoms with Gasteiger partial charge in [-0.2, -0.15) is 0 Å². The maximum atomic E-state index is 12.0. The average Bonchev–Trinajstić information content (AvgIpc) is 2.95. The number of hydrogen-bond donors (Lipinski definition) is 2. The summed E-state index contributed by atoms with van der Waals surface area (Å²) >= 11 is 0. The molecule has 0 aliphatic rings. The van der Waals surface area contributed by atoms with Crippen LogP contribution in [-0.4, -0.2) is 32.7 Å². The third-order valence-electron chi connectivity index (χ3n) is 3.71. The maximum absolute atomic E-state index is 12.0. The van der Waals surface area contributed by atoms with Gasteiger partial charge in [-0.1, -0.05) is 0 Å². The minimum Gasteiger partial charge on any atom is -0.497 e. The molecule has 0 saturated heterocycles. The highest BCUT2D eigenvalue weighted by Gasteiger charge is 2.08. The molecular formula is C17H18N6O2. The molecule has 0 aliphatic heterocycles. The number of aryl methyl sites for hydroxylation is 1. The Morgan fingerprint density at radius 1 is 1.00 bits per heavy atom. The lowest BCUT2D eigenvalue weighted by molar-refractivity contribution is 0.262. The van der Waals surface area contributed by atoms with Gasteiger partial charge in [0.25, 0.3) is 0 Å². The van der Waals surface area contributed by atoms with Gasteiger partial charge in [0.05, 0.1) is 30.9 Å². The molecule has 0 saturated carbocycles. The molecular weight excluding hydrogens is 320 g/mol. The van der Waals surface area contributed by atoms with Crippen LogP contribution in [0.15, 0.2) is 43.0 Å². The van der Waals surface area contributed by atoms with Crippen molar-refractivity contribution in [2.24, 2.45) is 0 Å². The number of imidazole rings is 1. The first-order valence-electron chi connectivity index (χ1n) is 7.62. The summed E-state index contributed by atoms with van der Waals surface area (Å²) in [6, 6.07) is 6.66. The smallest absolute Gasteiger partial charge is 0.323 e. The average molecular weight is 338 g/mol. The van der Waals surface area contributed by atoms with Gasteiger partial charge in [0.2, 0.25) is 5.95 Å². The lowest BCUT2D eigenvalue weighted by Crippen LogP contribution is -2.19. The highest BCUT2D eigenvalue weighted by molar-refractivity contribution is 5.99. The Morgan fingerprint density at radius 2 is 1.64 bits per heavy atom. The van der Waals surface area contributed by atoms with E-state index in [1.807, 2.05) is 13.8 Å². The summed E-state index contributed by atoms with van der Waals surface area (Å²) in [5.74, 6) is 1.22. The number of urea groups is 1. The number of anilines is 2. The molecule has 25 heavy (non-hydrogen) atoms. The number of nitrogens with one attached hydrogen (secondary N) is 2. The van der Waals surface area contributed by atoms with E-state index in [1.165, 1.54) is 0 Å². The molecule has 0 radical (unpaired) electrons. The van der Waals surface area contributed by atoms with Crippen LogP contribution in [0, 0.1) is 13.8 Å². The highest BCUT2D eigenvalue weighted by atomic mass is 16.5. The first-order chi connectivity index (χ1) is 12.1. The zero-order chi connectivity index (χ0) is 17.8. The molecule has 2 amide bonds. The standard InChI is InChI=1S/C17H18N6O2/c1-11-12(2)23(10-20-11)16-18-8-14(9-19-16)22-17(24)21-13-4-6-15(25-3)7-5-13/h4-10H,1-3H3,(H2,21,22,24). The molecule has 128 valence electrons. The third-order valence-corrected chi connectivity index (χ3v) is 3.71. The van der Waals surface area contributed by atoms with Crippen molar-refractivity contribution in [3.05, 3.63) is 54.4 Å². The Kier molecular flexibility index (Phi) is 4.60. The summed E-state index contributed by atoms with van der Waals surface area (Å²) < 4.78 is 6.86. The van der Waals surface area contributed by atoms with Gasteiger partial charge in [-0.25, -0.2) is 19.7 Å². The molecule has 3 aromatic rings. The second-order valence-electron chi connectivity index (χ2n) is 5.36. The van der Waals surface area contributed by atoms with E-state index in [4.69, 9.17) is 4.74 Å². The summed E-state index contributed by atoms with van der Waals surface area (Å²) in [5, 5.41) is 5.41. The molecule has 8 nitrogen and oxygen atoms in total. The van der Waals surface area contributed by atoms with Gasteiger partial charge in [-0.3, -0.25) is 4.57 Å². The first-order valence-corrected chi connectivity index (χ1v) is 7.62. The Balaban J connectivity index is 1.64. The van der Waals surface area contributed by atoms with E-state index in [1.54, 1.807) is 54.7 Å². The van der Waals surface area contributed by atoms with E-state index in [0.29, 0.717) is 17.3 Å². The molecule has 2 heterocycles. The first kappa shape index (κ1) is 16.4. The second-order valence-corrected chi connectivity index (χ2v) is 5.36. The third kappa shape index (κ3) is 3.74. The summed E-state index contributed by atoms with van der Waals surface area (Å²) in [4.78, 5) is 24.8. The van der Waals surface area contributed by atoms with Crippen molar-refractivity contribution in [1.29, 1.82) is 0 Å². The summed E-state index contributed by atoms with van der Waals surface area (Å²) in [6.45, 7) is 3.87. The van der Waals surface area contributed by atoms with E-state index in [9.17, 15) is 4.79 Å². The van der Waals surface area contributed by atoms with Crippen molar-refractivity contribution >= 4 is 17.4 Å². The topological polar surface area (TPSA) is 94.0 Å². The number of methoxy groups -OCH3 is 1. The lowest BCUT2D eigenvalue weighted by atomic mass is 10.3. The number of rotatable bonds is 4. The molecule has 0 aliphatic carbocycles. The van der Waals surface area contributed by atoms with E-state index in [2.05, 4.69) is 25.6 Å². The van der Waals surface area contributed by atoms with E-state index in [-0.39, 0.29) is 6.03 Å². The van der Waals surface area contributed by atoms with Crippen molar-refractivity contribution in [1.82, 2.24) is 19.5 Å². The van der Waals surface area contributed by atoms with Crippen LogP contribution < -0.4 is 15.4 Å². The van der Waals surface area contributed by atoms with Crippen LogP contribution in [-0.2, 0) is 0 Å². The normalized spacial score (nSPS) is 10.4. The summed E-state index contributed by atoms with van der Waals surface area (Å²) in [6.07, 6.45) is 4.76. The molecule has 8 heteroatoms. The van der Waals surface area contributed by atoms with Gasteiger partial charge in [0.15, 0.2) is 0 Å². The fraction of sp³-hybridized carbons (Fsp3) is 0.176. The number of nitrogens with zero attached hydrogens (tertiary/aromatic N) is 4. The predicted molar refractivity (Wildman–Crippen MR) is 94.3 cm³/mol. The fourth-order valence-corrected chi connectivity index (χ4v) is 2.18. The van der Waals surface area contributed by atoms with Crippen molar-refractivity contribution < 1.29 is 9.53 Å². The number of carbonyl (C=O) groups is 1. The van der Waals surface area contributed by atoms with Crippen LogP contribution in [0.2, 0.25) is 0 Å². The van der Waals surface area contributed by atoms with Crippen LogP contribution in [0.3, 0.4) is 0 Å². The highest BCUT2D eigenvalue weighted by Crippen LogP contribution is 2.16. The maximum Gasteiger partial charge on any atom is 0.323 e. The Morgan fingerprint density at radius 3 is 2.20 bits per heavy atom. The van der Waals surface area contributed by atoms with Gasteiger partial charge in [0.1, 0.15) is 12.1 Å². The summed E-state index contributed by atoms with van der Waals surface area (Å²) in [5.41, 5.74) is 3.03. The number of aromatic nitrogens is 4. The Hall–Kier alpha value is -3.42. The van der Waals surface area contributed by atoms with Crippen molar-refractivity contribution in [2.75, 3.05) is 17.7 Å². The Bertz CT molecular complexity index is 871. The van der Waals surface area contributed by atoms with Crippen LogP contribution in [0.1, 0.15) is 11.4 Å². The van der Waals surface area contributed by atoms with Crippen LogP contribution in [0.5, 0.6) is 5.75 Å². The van der Waals surface area contributed by atoms with Crippen LogP contribution in [0.25, 0.3) is 5.95 Å². The number of carbonyl (C=O) groups excluding carboxylic acids is 1.